The van der Waals surface area contributed by atoms with Crippen LogP contribution in [0.25, 0.3) is 0 Å². The lowest BCUT2D eigenvalue weighted by Crippen LogP contribution is -2.47. The highest BCUT2D eigenvalue weighted by molar-refractivity contribution is 7.94. The lowest BCUT2D eigenvalue weighted by atomic mass is 9.91. The molecule has 1 aromatic carbocycles. The van der Waals surface area contributed by atoms with Gasteiger partial charge in [0.25, 0.3) is 10.1 Å². The normalized spacial score (nSPS) is 20.9. The average molecular weight is 435 g/mol. The van der Waals surface area contributed by atoms with Gasteiger partial charge in [-0.1, -0.05) is 20.3 Å². The van der Waals surface area contributed by atoms with Gasteiger partial charge in [-0.2, -0.15) is 8.42 Å². The lowest BCUT2D eigenvalue weighted by molar-refractivity contribution is 0.0413. The Morgan fingerprint density at radius 2 is 1.61 bits per heavy atom. The molecule has 28 heavy (non-hydrogen) atoms. The van der Waals surface area contributed by atoms with Crippen LogP contribution in [0.2, 0.25) is 0 Å². The van der Waals surface area contributed by atoms with Crippen LogP contribution in [0.3, 0.4) is 0 Å². The van der Waals surface area contributed by atoms with Crippen molar-refractivity contribution in [2.75, 3.05) is 29.5 Å². The van der Waals surface area contributed by atoms with Crippen LogP contribution in [0.15, 0.2) is 24.3 Å². The second kappa shape index (κ2) is 9.43. The molecule has 1 fully saturated rings. The van der Waals surface area contributed by atoms with Gasteiger partial charge in [-0.05, 0) is 56.6 Å². The first-order chi connectivity index (χ1) is 13.0. The Kier molecular flexibility index (Phi) is 7.72. The molecule has 0 radical (unpaired) electrons. The first kappa shape index (κ1) is 22.9. The first-order valence-electron chi connectivity index (χ1n) is 9.48. The third kappa shape index (κ3) is 6.33. The summed E-state index contributed by atoms with van der Waals surface area (Å²) in [4.78, 5) is 2.40. The summed E-state index contributed by atoms with van der Waals surface area (Å²) in [5.74, 6) is -0.424. The topological polar surface area (TPSA) is 104 Å². The van der Waals surface area contributed by atoms with Gasteiger partial charge < -0.3 is 4.74 Å². The Bertz CT molecular complexity index is 835. The van der Waals surface area contributed by atoms with Crippen LogP contribution in [0.5, 0.6) is 5.75 Å². The van der Waals surface area contributed by atoms with Crippen molar-refractivity contribution >= 4 is 25.8 Å². The summed E-state index contributed by atoms with van der Waals surface area (Å²) < 4.78 is 62.0. The molecule has 0 spiro atoms. The van der Waals surface area contributed by atoms with E-state index in [1.54, 1.807) is 12.1 Å². The maximum Gasteiger partial charge on any atom is 0.284 e. The van der Waals surface area contributed by atoms with Crippen molar-refractivity contribution in [1.29, 1.82) is 0 Å². The van der Waals surface area contributed by atoms with Gasteiger partial charge in [0.1, 0.15) is 11.9 Å². The summed E-state index contributed by atoms with van der Waals surface area (Å²) in [6.45, 7) is 6.19. The number of sulfonamides is 1. The molecule has 1 aliphatic rings. The minimum Gasteiger partial charge on any atom is -0.489 e. The molecule has 160 valence electrons. The van der Waals surface area contributed by atoms with E-state index in [2.05, 4.69) is 18.7 Å². The molecule has 2 rings (SSSR count). The molecular weight excluding hydrogens is 404 g/mol. The van der Waals surface area contributed by atoms with Crippen molar-refractivity contribution in [3.63, 3.8) is 0 Å². The van der Waals surface area contributed by atoms with E-state index in [0.29, 0.717) is 16.1 Å². The van der Waals surface area contributed by atoms with Crippen LogP contribution in [-0.4, -0.2) is 63.7 Å². The third-order valence-electron chi connectivity index (χ3n) is 5.04. The highest BCUT2D eigenvalue weighted by atomic mass is 32.2. The van der Waals surface area contributed by atoms with Gasteiger partial charge in [0, 0.05) is 6.04 Å². The standard InChI is InChI=1S/C18H30N2O6S2/c1-4-19(5-2)17-8-6-7-9-18(17)26-16-12-10-15(11-13-16)20(27(3,21)22)14-28(23,24)25/h10-13,17-18H,4-9,14H2,1-3H3,(H,23,24,25). The number of hydrogen-bond acceptors (Lipinski definition) is 6. The Hall–Kier alpha value is -1.36. The minimum absolute atomic E-state index is 0.0586. The highest BCUT2D eigenvalue weighted by Gasteiger charge is 2.30. The van der Waals surface area contributed by atoms with Gasteiger partial charge in [0.15, 0.2) is 5.88 Å². The summed E-state index contributed by atoms with van der Waals surface area (Å²) >= 11 is 0. The Morgan fingerprint density at radius 3 is 2.11 bits per heavy atom. The van der Waals surface area contributed by atoms with E-state index in [4.69, 9.17) is 9.29 Å². The van der Waals surface area contributed by atoms with E-state index in [1.165, 1.54) is 18.6 Å². The number of likely N-dealkylation sites (N-methyl/N-ethyl adjacent to an activating group) is 1. The highest BCUT2D eigenvalue weighted by Crippen LogP contribution is 2.29. The summed E-state index contributed by atoms with van der Waals surface area (Å²) in [6, 6.07) is 6.57. The number of nitrogens with zero attached hydrogens (tertiary/aromatic N) is 2. The predicted octanol–water partition coefficient (Wildman–Crippen LogP) is 2.33. The fourth-order valence-electron chi connectivity index (χ4n) is 3.70. The summed E-state index contributed by atoms with van der Waals surface area (Å²) in [7, 11) is -8.37. The van der Waals surface area contributed by atoms with Gasteiger partial charge in [-0.3, -0.25) is 13.8 Å². The molecule has 0 saturated heterocycles. The number of rotatable bonds is 9. The van der Waals surface area contributed by atoms with E-state index in [0.717, 1.165) is 38.6 Å². The van der Waals surface area contributed by atoms with Crippen LogP contribution in [-0.2, 0) is 20.1 Å². The first-order valence-corrected chi connectivity index (χ1v) is 12.9. The van der Waals surface area contributed by atoms with E-state index in [9.17, 15) is 16.8 Å². The zero-order valence-corrected chi connectivity index (χ0v) is 18.2. The quantitative estimate of drug-likeness (QED) is 0.595. The van der Waals surface area contributed by atoms with E-state index in [-0.39, 0.29) is 11.8 Å². The molecule has 8 nitrogen and oxygen atoms in total. The maximum absolute atomic E-state index is 11.9. The largest absolute Gasteiger partial charge is 0.489 e. The SMILES string of the molecule is CCN(CC)C1CCCCC1Oc1ccc(N(CS(=O)(=O)O)S(C)(=O)=O)cc1. The van der Waals surface area contributed by atoms with Gasteiger partial charge >= 0.3 is 0 Å². The molecule has 0 aliphatic heterocycles. The fraction of sp³-hybridized carbons (Fsp3) is 0.667. The van der Waals surface area contributed by atoms with Gasteiger partial charge in [0.2, 0.25) is 10.0 Å². The number of anilines is 1. The molecule has 2 unspecified atom stereocenters. The van der Waals surface area contributed by atoms with Gasteiger partial charge in [0.05, 0.1) is 11.9 Å². The zero-order valence-electron chi connectivity index (χ0n) is 16.6. The molecule has 10 heteroatoms. The van der Waals surface area contributed by atoms with E-state index >= 15 is 0 Å². The molecule has 1 aromatic rings. The van der Waals surface area contributed by atoms with Crippen LogP contribution in [0, 0.1) is 0 Å². The molecular formula is C18H30N2O6S2. The Morgan fingerprint density at radius 1 is 1.04 bits per heavy atom. The molecule has 0 heterocycles. The Labute approximate surface area is 168 Å². The lowest BCUT2D eigenvalue weighted by Gasteiger charge is -2.39. The molecule has 1 aliphatic carbocycles. The average Bonchev–Trinajstić information content (AvgIpc) is 2.61. The molecule has 0 aromatic heterocycles. The summed E-state index contributed by atoms with van der Waals surface area (Å²) in [5.41, 5.74) is 0.149. The third-order valence-corrected chi connectivity index (χ3v) is 6.93. The molecule has 1 N–H and O–H groups in total. The van der Waals surface area contributed by atoms with Crippen LogP contribution >= 0.6 is 0 Å². The maximum atomic E-state index is 11.9. The van der Waals surface area contributed by atoms with Crippen LogP contribution in [0.4, 0.5) is 5.69 Å². The molecule has 1 saturated carbocycles. The van der Waals surface area contributed by atoms with Crippen molar-refractivity contribution in [2.45, 2.75) is 51.7 Å². The second-order valence-electron chi connectivity index (χ2n) is 7.05. The zero-order chi connectivity index (χ0) is 20.9. The van der Waals surface area contributed by atoms with Crippen molar-refractivity contribution in [2.24, 2.45) is 0 Å². The number of benzene rings is 1. The van der Waals surface area contributed by atoms with Crippen LogP contribution in [0.1, 0.15) is 39.5 Å². The predicted molar refractivity (Wildman–Crippen MR) is 110 cm³/mol. The van der Waals surface area contributed by atoms with Crippen molar-refractivity contribution in [3.05, 3.63) is 24.3 Å². The summed E-state index contributed by atoms with van der Waals surface area (Å²) in [5, 5.41) is 0. The molecule has 0 bridgehead atoms. The van der Waals surface area contributed by atoms with Crippen molar-refractivity contribution in [3.8, 4) is 5.75 Å². The molecule has 2 atom stereocenters. The second-order valence-corrected chi connectivity index (χ2v) is 10.4. The minimum atomic E-state index is -4.50. The Balaban J connectivity index is 2.18. The molecule has 0 amide bonds. The number of hydrogen-bond donors (Lipinski definition) is 1. The fourth-order valence-corrected chi connectivity index (χ4v) is 5.82. The van der Waals surface area contributed by atoms with Gasteiger partial charge in [-0.15, -0.1) is 0 Å². The monoisotopic (exact) mass is 434 g/mol. The van der Waals surface area contributed by atoms with Crippen molar-refractivity contribution in [1.82, 2.24) is 4.90 Å². The summed E-state index contributed by atoms with van der Waals surface area (Å²) in [6.07, 6.45) is 5.28. The number of ether oxygens (including phenoxy) is 1. The van der Waals surface area contributed by atoms with E-state index in [1.807, 2.05) is 0 Å². The van der Waals surface area contributed by atoms with Crippen LogP contribution < -0.4 is 9.04 Å². The van der Waals surface area contributed by atoms with E-state index < -0.39 is 26.0 Å². The van der Waals surface area contributed by atoms with Gasteiger partial charge in [-0.25, -0.2) is 8.42 Å². The smallest absolute Gasteiger partial charge is 0.284 e. The van der Waals surface area contributed by atoms with Crippen molar-refractivity contribution < 1.29 is 26.1 Å².